The molecule has 1 aliphatic carbocycles. The molecule has 1 aliphatic heterocycles. The van der Waals surface area contributed by atoms with Crippen LogP contribution in [0.2, 0.25) is 0 Å². The molecule has 0 saturated carbocycles. The minimum atomic E-state index is -0.577. The molecule has 2 aliphatic rings. The third-order valence-corrected chi connectivity index (χ3v) is 5.78. The second kappa shape index (κ2) is 7.48. The van der Waals surface area contributed by atoms with Gasteiger partial charge < -0.3 is 10.6 Å². The van der Waals surface area contributed by atoms with Crippen LogP contribution in [0.1, 0.15) is 36.4 Å². The number of hydrogen-bond acceptors (Lipinski definition) is 3. The van der Waals surface area contributed by atoms with Crippen LogP contribution in [0.3, 0.4) is 0 Å². The van der Waals surface area contributed by atoms with E-state index in [0.29, 0.717) is 0 Å². The Balaban J connectivity index is 0.00000182. The topological polar surface area (TPSA) is 59.0 Å². The van der Waals surface area contributed by atoms with Gasteiger partial charge in [0.1, 0.15) is 5.54 Å². The largest absolute Gasteiger partial charge is 0.347 e. The number of nitrogens with one attached hydrogen (secondary N) is 2. The number of benzene rings is 1. The molecule has 134 valence electrons. The summed E-state index contributed by atoms with van der Waals surface area (Å²) in [6.45, 7) is 1.67. The maximum absolute atomic E-state index is 13.2. The number of hydrogen-bond donors (Lipinski definition) is 2. The van der Waals surface area contributed by atoms with Crippen molar-refractivity contribution >= 4 is 34.2 Å². The van der Waals surface area contributed by atoms with Crippen LogP contribution in [-0.4, -0.2) is 28.8 Å². The van der Waals surface area contributed by atoms with Crippen molar-refractivity contribution < 1.29 is 4.79 Å². The highest BCUT2D eigenvalue weighted by atomic mass is 79.9. The molecule has 1 aromatic carbocycles. The SMILES string of the molecule is Cl.O=C(NC1CCc2cc(Br)ccc21)C1(n2cccn2)CCNCC1. The molecule has 1 aromatic heterocycles. The molecule has 25 heavy (non-hydrogen) atoms. The molecule has 1 unspecified atom stereocenters. The van der Waals surface area contributed by atoms with Gasteiger partial charge in [0.05, 0.1) is 6.04 Å². The van der Waals surface area contributed by atoms with Crippen LogP contribution >= 0.6 is 28.3 Å². The van der Waals surface area contributed by atoms with Gasteiger partial charge in [-0.2, -0.15) is 5.10 Å². The van der Waals surface area contributed by atoms with Gasteiger partial charge in [-0.05, 0) is 68.1 Å². The Morgan fingerprint density at radius 3 is 2.88 bits per heavy atom. The molecule has 1 fully saturated rings. The van der Waals surface area contributed by atoms with Crippen molar-refractivity contribution in [3.8, 4) is 0 Å². The summed E-state index contributed by atoms with van der Waals surface area (Å²) in [5.74, 6) is 0.0912. The second-order valence-electron chi connectivity index (χ2n) is 6.64. The highest BCUT2D eigenvalue weighted by molar-refractivity contribution is 9.10. The fourth-order valence-corrected chi connectivity index (χ4v) is 4.36. The minimum Gasteiger partial charge on any atom is -0.347 e. The lowest BCUT2D eigenvalue weighted by Gasteiger charge is -2.37. The average Bonchev–Trinajstić information content (AvgIpc) is 3.26. The van der Waals surface area contributed by atoms with Crippen LogP contribution in [0.25, 0.3) is 0 Å². The normalized spacial score (nSPS) is 21.2. The summed E-state index contributed by atoms with van der Waals surface area (Å²) in [5.41, 5.74) is 2.00. The Labute approximate surface area is 162 Å². The van der Waals surface area contributed by atoms with E-state index in [1.54, 1.807) is 6.20 Å². The summed E-state index contributed by atoms with van der Waals surface area (Å²) >= 11 is 3.53. The number of aryl methyl sites for hydroxylation is 1. The van der Waals surface area contributed by atoms with Crippen LogP contribution in [0.5, 0.6) is 0 Å². The van der Waals surface area contributed by atoms with Gasteiger partial charge in [0.15, 0.2) is 0 Å². The Kier molecular flexibility index (Phi) is 5.51. The van der Waals surface area contributed by atoms with Crippen LogP contribution in [0.4, 0.5) is 0 Å². The summed E-state index contributed by atoms with van der Waals surface area (Å²) < 4.78 is 2.94. The zero-order valence-electron chi connectivity index (χ0n) is 13.9. The smallest absolute Gasteiger partial charge is 0.248 e. The molecule has 0 spiro atoms. The van der Waals surface area contributed by atoms with E-state index in [9.17, 15) is 4.79 Å². The van der Waals surface area contributed by atoms with Gasteiger partial charge in [-0.1, -0.05) is 22.0 Å². The van der Waals surface area contributed by atoms with Gasteiger partial charge in [-0.15, -0.1) is 12.4 Å². The van der Waals surface area contributed by atoms with Crippen molar-refractivity contribution in [1.29, 1.82) is 0 Å². The predicted molar refractivity (Wildman–Crippen MR) is 103 cm³/mol. The summed E-state index contributed by atoms with van der Waals surface area (Å²) in [5, 5.41) is 11.0. The summed E-state index contributed by atoms with van der Waals surface area (Å²) in [6.07, 6.45) is 7.16. The van der Waals surface area contributed by atoms with Crippen molar-refractivity contribution in [2.75, 3.05) is 13.1 Å². The highest BCUT2D eigenvalue weighted by Gasteiger charge is 2.43. The van der Waals surface area contributed by atoms with E-state index < -0.39 is 5.54 Å². The van der Waals surface area contributed by atoms with Crippen LogP contribution in [0, 0.1) is 0 Å². The predicted octanol–water partition coefficient (Wildman–Crippen LogP) is 2.95. The van der Waals surface area contributed by atoms with E-state index in [2.05, 4.69) is 49.9 Å². The lowest BCUT2D eigenvalue weighted by atomic mass is 9.87. The Morgan fingerprint density at radius 2 is 2.16 bits per heavy atom. The van der Waals surface area contributed by atoms with Gasteiger partial charge in [-0.25, -0.2) is 0 Å². The first-order chi connectivity index (χ1) is 11.7. The fraction of sp³-hybridized carbons (Fsp3) is 0.444. The number of amides is 1. The minimum absolute atomic E-state index is 0. The van der Waals surface area contributed by atoms with E-state index in [-0.39, 0.29) is 24.4 Å². The van der Waals surface area contributed by atoms with Crippen LogP contribution < -0.4 is 10.6 Å². The van der Waals surface area contributed by atoms with Gasteiger partial charge >= 0.3 is 0 Å². The number of rotatable bonds is 3. The van der Waals surface area contributed by atoms with Gasteiger partial charge in [0.25, 0.3) is 0 Å². The lowest BCUT2D eigenvalue weighted by Crippen LogP contribution is -2.55. The van der Waals surface area contributed by atoms with E-state index in [1.165, 1.54) is 11.1 Å². The van der Waals surface area contributed by atoms with Crippen molar-refractivity contribution in [3.05, 3.63) is 52.3 Å². The number of fused-ring (bicyclic) bond motifs is 1. The zero-order chi connectivity index (χ0) is 16.6. The van der Waals surface area contributed by atoms with Gasteiger partial charge in [-0.3, -0.25) is 9.48 Å². The average molecular weight is 426 g/mol. The summed E-state index contributed by atoms with van der Waals surface area (Å²) in [6, 6.07) is 8.33. The van der Waals surface area contributed by atoms with Gasteiger partial charge in [0.2, 0.25) is 5.91 Å². The Bertz CT molecular complexity index is 744. The number of carbonyl (C=O) groups is 1. The van der Waals surface area contributed by atoms with E-state index >= 15 is 0 Å². The number of piperidine rings is 1. The van der Waals surface area contributed by atoms with Crippen molar-refractivity contribution in [3.63, 3.8) is 0 Å². The van der Waals surface area contributed by atoms with E-state index in [4.69, 9.17) is 0 Å². The lowest BCUT2D eigenvalue weighted by molar-refractivity contribution is -0.132. The second-order valence-corrected chi connectivity index (χ2v) is 7.56. The van der Waals surface area contributed by atoms with Crippen molar-refractivity contribution in [2.24, 2.45) is 0 Å². The fourth-order valence-electron chi connectivity index (χ4n) is 3.95. The molecule has 0 radical (unpaired) electrons. The molecule has 7 heteroatoms. The molecule has 1 amide bonds. The molecule has 2 heterocycles. The first kappa shape index (κ1) is 18.4. The molecule has 0 bridgehead atoms. The number of halogens is 2. The number of carbonyl (C=O) groups excluding carboxylic acids is 1. The molecule has 2 N–H and O–H groups in total. The standard InChI is InChI=1S/C18H21BrN4O.ClH/c19-14-3-4-15-13(12-14)2-5-16(15)22-17(24)18(6-9-20-10-7-18)23-11-1-8-21-23;/h1,3-4,8,11-12,16,20H,2,5-7,9-10H2,(H,22,24);1H. The maximum Gasteiger partial charge on any atom is 0.248 e. The molecule has 1 saturated heterocycles. The molecular formula is C18H22BrClN4O. The highest BCUT2D eigenvalue weighted by Crippen LogP contribution is 2.35. The molecule has 4 rings (SSSR count). The molecule has 1 atom stereocenters. The van der Waals surface area contributed by atoms with Gasteiger partial charge in [0, 0.05) is 16.9 Å². The first-order valence-corrected chi connectivity index (χ1v) is 9.28. The zero-order valence-corrected chi connectivity index (χ0v) is 16.3. The Morgan fingerprint density at radius 1 is 1.36 bits per heavy atom. The number of nitrogens with zero attached hydrogens (tertiary/aromatic N) is 2. The molecule has 5 nitrogen and oxygen atoms in total. The van der Waals surface area contributed by atoms with E-state index in [1.807, 2.05) is 16.9 Å². The quantitative estimate of drug-likeness (QED) is 0.795. The molecular weight excluding hydrogens is 404 g/mol. The maximum atomic E-state index is 13.2. The molecule has 2 aromatic rings. The third kappa shape index (κ3) is 3.35. The van der Waals surface area contributed by atoms with Crippen molar-refractivity contribution in [1.82, 2.24) is 20.4 Å². The summed E-state index contributed by atoms with van der Waals surface area (Å²) in [7, 11) is 0. The monoisotopic (exact) mass is 424 g/mol. The van der Waals surface area contributed by atoms with Crippen LogP contribution in [0.15, 0.2) is 41.1 Å². The Hall–Kier alpha value is -1.37. The third-order valence-electron chi connectivity index (χ3n) is 5.28. The van der Waals surface area contributed by atoms with E-state index in [0.717, 1.165) is 43.2 Å². The summed E-state index contributed by atoms with van der Waals surface area (Å²) in [4.78, 5) is 13.2. The van der Waals surface area contributed by atoms with Crippen molar-refractivity contribution in [2.45, 2.75) is 37.3 Å². The first-order valence-electron chi connectivity index (χ1n) is 8.49. The number of aromatic nitrogens is 2. The van der Waals surface area contributed by atoms with Crippen LogP contribution in [-0.2, 0) is 16.8 Å².